The fraction of sp³-hybridized carbons (Fsp3) is 0.824. The molecule has 1 fully saturated rings. The maximum absolute atomic E-state index is 5.86. The molecule has 1 aliphatic rings. The molecule has 1 aromatic heterocycles. The van der Waals surface area contributed by atoms with Gasteiger partial charge in [0.05, 0.1) is 5.69 Å². The van der Waals surface area contributed by atoms with Crippen LogP contribution < -0.4 is 11.3 Å². The Kier molecular flexibility index (Phi) is 5.82. The lowest BCUT2D eigenvalue weighted by atomic mass is 9.74. The Morgan fingerprint density at radius 3 is 2.43 bits per heavy atom. The lowest BCUT2D eigenvalue weighted by molar-refractivity contribution is 0.187. The van der Waals surface area contributed by atoms with Gasteiger partial charge < -0.3 is 0 Å². The zero-order chi connectivity index (χ0) is 15.4. The molecule has 120 valence electrons. The topological polar surface area (TPSA) is 55.9 Å². The van der Waals surface area contributed by atoms with E-state index in [1.165, 1.54) is 31.4 Å². The van der Waals surface area contributed by atoms with E-state index in [2.05, 4.69) is 49.0 Å². The van der Waals surface area contributed by atoms with E-state index >= 15 is 0 Å². The molecular weight excluding hydrogens is 260 g/mol. The number of aryl methyl sites for hydroxylation is 2. The van der Waals surface area contributed by atoms with Crippen LogP contribution in [0.5, 0.6) is 0 Å². The van der Waals surface area contributed by atoms with Gasteiger partial charge in [0.2, 0.25) is 0 Å². The van der Waals surface area contributed by atoms with Crippen molar-refractivity contribution in [3.8, 4) is 0 Å². The predicted molar refractivity (Wildman–Crippen MR) is 87.7 cm³/mol. The molecule has 0 spiro atoms. The van der Waals surface area contributed by atoms with Gasteiger partial charge in [-0.25, -0.2) is 0 Å². The van der Waals surface area contributed by atoms with E-state index in [0.29, 0.717) is 12.0 Å². The normalized spacial score (nSPS) is 24.5. The van der Waals surface area contributed by atoms with Crippen molar-refractivity contribution in [2.75, 3.05) is 0 Å². The van der Waals surface area contributed by atoms with Gasteiger partial charge in [-0.05, 0) is 63.4 Å². The molecule has 1 aromatic rings. The highest BCUT2D eigenvalue weighted by molar-refractivity contribution is 5.11. The van der Waals surface area contributed by atoms with Crippen molar-refractivity contribution >= 4 is 0 Å². The van der Waals surface area contributed by atoms with Crippen LogP contribution in [0.15, 0.2) is 6.07 Å². The highest BCUT2D eigenvalue weighted by atomic mass is 15.3. The van der Waals surface area contributed by atoms with E-state index in [9.17, 15) is 0 Å². The molecule has 0 bridgehead atoms. The summed E-state index contributed by atoms with van der Waals surface area (Å²) in [4.78, 5) is 0. The van der Waals surface area contributed by atoms with E-state index in [1.807, 2.05) is 0 Å². The quantitative estimate of drug-likeness (QED) is 0.626. The molecule has 1 aliphatic carbocycles. The largest absolute Gasteiger partial charge is 0.271 e. The predicted octanol–water partition coefficient (Wildman–Crippen LogP) is 3.05. The number of aromatic nitrogens is 2. The third kappa shape index (κ3) is 4.07. The number of rotatable bonds is 6. The first kappa shape index (κ1) is 16.5. The summed E-state index contributed by atoms with van der Waals surface area (Å²) >= 11 is 0. The minimum absolute atomic E-state index is 0.375. The lowest BCUT2D eigenvalue weighted by Crippen LogP contribution is -2.44. The Morgan fingerprint density at radius 2 is 1.90 bits per heavy atom. The molecule has 1 unspecified atom stereocenters. The van der Waals surface area contributed by atoms with Gasteiger partial charge in [0, 0.05) is 24.7 Å². The summed E-state index contributed by atoms with van der Waals surface area (Å²) in [6.07, 6.45) is 6.30. The van der Waals surface area contributed by atoms with Crippen molar-refractivity contribution < 1.29 is 0 Å². The number of hydrogen-bond donors (Lipinski definition) is 2. The van der Waals surface area contributed by atoms with Crippen molar-refractivity contribution in [1.29, 1.82) is 0 Å². The van der Waals surface area contributed by atoms with Gasteiger partial charge in [-0.2, -0.15) is 5.10 Å². The minimum atomic E-state index is 0.375. The first-order valence-corrected chi connectivity index (χ1v) is 8.54. The Balaban J connectivity index is 1.97. The molecular formula is C17H32N4. The van der Waals surface area contributed by atoms with Crippen LogP contribution in [0.1, 0.15) is 57.8 Å². The SMILES string of the molecule is CCn1nc(C)cc1CC(NN)C1CCC(C(C)C)CC1. The van der Waals surface area contributed by atoms with Gasteiger partial charge in [0.15, 0.2) is 0 Å². The highest BCUT2D eigenvalue weighted by Crippen LogP contribution is 2.35. The Bertz CT molecular complexity index is 430. The van der Waals surface area contributed by atoms with Gasteiger partial charge in [-0.15, -0.1) is 0 Å². The van der Waals surface area contributed by atoms with E-state index in [-0.39, 0.29) is 0 Å². The van der Waals surface area contributed by atoms with E-state index in [0.717, 1.165) is 30.5 Å². The van der Waals surface area contributed by atoms with Crippen molar-refractivity contribution in [3.63, 3.8) is 0 Å². The Labute approximate surface area is 129 Å². The van der Waals surface area contributed by atoms with Crippen molar-refractivity contribution in [1.82, 2.24) is 15.2 Å². The summed E-state index contributed by atoms with van der Waals surface area (Å²) in [6.45, 7) is 9.85. The summed E-state index contributed by atoms with van der Waals surface area (Å²) in [5.74, 6) is 8.29. The van der Waals surface area contributed by atoms with E-state index in [1.54, 1.807) is 0 Å². The molecule has 2 rings (SSSR count). The Hall–Kier alpha value is -0.870. The summed E-state index contributed by atoms with van der Waals surface area (Å²) in [5, 5.41) is 4.54. The second kappa shape index (κ2) is 7.41. The summed E-state index contributed by atoms with van der Waals surface area (Å²) in [7, 11) is 0. The zero-order valence-corrected chi connectivity index (χ0v) is 14.1. The zero-order valence-electron chi connectivity index (χ0n) is 14.1. The molecule has 3 N–H and O–H groups in total. The average molecular weight is 292 g/mol. The number of nitrogens with one attached hydrogen (secondary N) is 1. The van der Waals surface area contributed by atoms with Gasteiger partial charge in [-0.3, -0.25) is 16.0 Å². The Morgan fingerprint density at radius 1 is 1.29 bits per heavy atom. The van der Waals surface area contributed by atoms with Crippen molar-refractivity contribution in [2.45, 2.75) is 72.4 Å². The summed E-state index contributed by atoms with van der Waals surface area (Å²) < 4.78 is 2.11. The first-order valence-electron chi connectivity index (χ1n) is 8.54. The number of hydrazine groups is 1. The molecule has 1 saturated carbocycles. The molecule has 0 saturated heterocycles. The molecule has 0 aromatic carbocycles. The fourth-order valence-corrected chi connectivity index (χ4v) is 3.84. The van der Waals surface area contributed by atoms with Gasteiger partial charge >= 0.3 is 0 Å². The van der Waals surface area contributed by atoms with Crippen LogP contribution in [0.4, 0.5) is 0 Å². The molecule has 1 heterocycles. The van der Waals surface area contributed by atoms with Crippen LogP contribution in [0.2, 0.25) is 0 Å². The third-order valence-corrected chi connectivity index (χ3v) is 5.26. The van der Waals surface area contributed by atoms with Crippen LogP contribution in [0.3, 0.4) is 0 Å². The average Bonchev–Trinajstić information content (AvgIpc) is 2.84. The molecule has 0 radical (unpaired) electrons. The number of hydrogen-bond acceptors (Lipinski definition) is 3. The fourth-order valence-electron chi connectivity index (χ4n) is 3.84. The maximum Gasteiger partial charge on any atom is 0.0596 e. The standard InChI is InChI=1S/C17H32N4/c1-5-21-16(10-13(4)20-21)11-17(19-18)15-8-6-14(7-9-15)12(2)3/h10,12,14-15,17,19H,5-9,11,18H2,1-4H3. The van der Waals surface area contributed by atoms with Crippen LogP contribution in [-0.4, -0.2) is 15.8 Å². The van der Waals surface area contributed by atoms with Crippen LogP contribution in [-0.2, 0) is 13.0 Å². The van der Waals surface area contributed by atoms with Gasteiger partial charge in [0.25, 0.3) is 0 Å². The molecule has 4 heteroatoms. The smallest absolute Gasteiger partial charge is 0.0596 e. The minimum Gasteiger partial charge on any atom is -0.271 e. The van der Waals surface area contributed by atoms with E-state index in [4.69, 9.17) is 5.84 Å². The van der Waals surface area contributed by atoms with Gasteiger partial charge in [0.1, 0.15) is 0 Å². The van der Waals surface area contributed by atoms with Crippen molar-refractivity contribution in [3.05, 3.63) is 17.5 Å². The number of nitrogens with two attached hydrogens (primary N) is 1. The van der Waals surface area contributed by atoms with Crippen LogP contribution in [0.25, 0.3) is 0 Å². The van der Waals surface area contributed by atoms with Crippen LogP contribution >= 0.6 is 0 Å². The third-order valence-electron chi connectivity index (χ3n) is 5.26. The second-order valence-corrected chi connectivity index (χ2v) is 6.99. The molecule has 1 atom stereocenters. The maximum atomic E-state index is 5.86. The second-order valence-electron chi connectivity index (χ2n) is 6.99. The van der Waals surface area contributed by atoms with Crippen LogP contribution in [0, 0.1) is 24.7 Å². The lowest BCUT2D eigenvalue weighted by Gasteiger charge is -2.35. The summed E-state index contributed by atoms with van der Waals surface area (Å²) in [6, 6.07) is 2.58. The monoisotopic (exact) mass is 292 g/mol. The molecule has 4 nitrogen and oxygen atoms in total. The summed E-state index contributed by atoms with van der Waals surface area (Å²) in [5.41, 5.74) is 5.50. The molecule has 0 aliphatic heterocycles. The molecule has 0 amide bonds. The highest BCUT2D eigenvalue weighted by Gasteiger charge is 2.29. The van der Waals surface area contributed by atoms with E-state index < -0.39 is 0 Å². The van der Waals surface area contributed by atoms with Crippen molar-refractivity contribution in [2.24, 2.45) is 23.6 Å². The first-order chi connectivity index (χ1) is 10.0. The number of nitrogens with zero attached hydrogens (tertiary/aromatic N) is 2. The van der Waals surface area contributed by atoms with Gasteiger partial charge in [-0.1, -0.05) is 13.8 Å². The molecule has 21 heavy (non-hydrogen) atoms.